The SMILES string of the molecule is Cc1nc(C)c(C(C)Nc2ccc(C(=O)O)o2)s1. The van der Waals surface area contributed by atoms with Crippen LogP contribution in [0.15, 0.2) is 16.5 Å². The summed E-state index contributed by atoms with van der Waals surface area (Å²) in [5.74, 6) is -0.687. The second kappa shape index (κ2) is 4.81. The van der Waals surface area contributed by atoms with Gasteiger partial charge in [0, 0.05) is 10.9 Å². The number of thiazole rings is 1. The number of carbonyl (C=O) groups is 1. The fourth-order valence-corrected chi connectivity index (χ4v) is 2.69. The Morgan fingerprint density at radius 3 is 2.72 bits per heavy atom. The van der Waals surface area contributed by atoms with E-state index in [0.717, 1.165) is 15.6 Å². The molecule has 6 heteroatoms. The van der Waals surface area contributed by atoms with Crippen molar-refractivity contribution < 1.29 is 14.3 Å². The summed E-state index contributed by atoms with van der Waals surface area (Å²) in [7, 11) is 0. The molecule has 0 amide bonds. The molecule has 2 aromatic heterocycles. The topological polar surface area (TPSA) is 75.4 Å². The zero-order chi connectivity index (χ0) is 13.3. The summed E-state index contributed by atoms with van der Waals surface area (Å²) in [5.41, 5.74) is 0.988. The summed E-state index contributed by atoms with van der Waals surface area (Å²) < 4.78 is 5.16. The number of aromatic carboxylic acids is 1. The number of anilines is 1. The maximum atomic E-state index is 10.7. The zero-order valence-electron chi connectivity index (χ0n) is 10.4. The van der Waals surface area contributed by atoms with Crippen molar-refractivity contribution >= 4 is 23.2 Å². The Balaban J connectivity index is 2.13. The number of aryl methyl sites for hydroxylation is 2. The van der Waals surface area contributed by atoms with Gasteiger partial charge >= 0.3 is 5.97 Å². The van der Waals surface area contributed by atoms with Gasteiger partial charge in [0.05, 0.1) is 16.7 Å². The largest absolute Gasteiger partial charge is 0.475 e. The highest BCUT2D eigenvalue weighted by molar-refractivity contribution is 7.11. The van der Waals surface area contributed by atoms with Gasteiger partial charge < -0.3 is 14.8 Å². The number of carboxylic acid groups (broad SMARTS) is 1. The van der Waals surface area contributed by atoms with E-state index in [0.29, 0.717) is 5.88 Å². The number of nitrogens with zero attached hydrogens (tertiary/aromatic N) is 1. The molecule has 96 valence electrons. The van der Waals surface area contributed by atoms with Crippen molar-refractivity contribution in [3.8, 4) is 0 Å². The molecule has 0 saturated carbocycles. The quantitative estimate of drug-likeness (QED) is 0.888. The molecule has 0 aliphatic rings. The van der Waals surface area contributed by atoms with E-state index in [1.807, 2.05) is 20.8 Å². The Hall–Kier alpha value is -1.82. The molecule has 1 atom stereocenters. The average Bonchev–Trinajstić information content (AvgIpc) is 2.85. The lowest BCUT2D eigenvalue weighted by Crippen LogP contribution is -2.05. The molecular formula is C12H14N2O3S. The fourth-order valence-electron chi connectivity index (χ4n) is 1.76. The molecule has 2 aromatic rings. The van der Waals surface area contributed by atoms with Crippen molar-refractivity contribution in [2.75, 3.05) is 5.32 Å². The van der Waals surface area contributed by atoms with Gasteiger partial charge in [-0.3, -0.25) is 0 Å². The first-order valence-corrected chi connectivity index (χ1v) is 6.32. The summed E-state index contributed by atoms with van der Waals surface area (Å²) in [4.78, 5) is 16.2. The van der Waals surface area contributed by atoms with Crippen molar-refractivity contribution in [3.05, 3.63) is 33.5 Å². The first-order chi connectivity index (χ1) is 8.47. The molecule has 2 heterocycles. The van der Waals surface area contributed by atoms with Crippen molar-refractivity contribution in [2.45, 2.75) is 26.8 Å². The van der Waals surface area contributed by atoms with Crippen molar-refractivity contribution in [1.82, 2.24) is 4.98 Å². The van der Waals surface area contributed by atoms with Crippen LogP contribution < -0.4 is 5.32 Å². The van der Waals surface area contributed by atoms with Crippen LogP contribution in [0.2, 0.25) is 0 Å². The Morgan fingerprint density at radius 2 is 2.22 bits per heavy atom. The summed E-state index contributed by atoms with van der Waals surface area (Å²) in [6, 6.07) is 3.08. The van der Waals surface area contributed by atoms with Crippen molar-refractivity contribution in [2.24, 2.45) is 0 Å². The molecule has 2 N–H and O–H groups in total. The Bertz CT molecular complexity index is 574. The molecule has 0 bridgehead atoms. The second-order valence-corrected chi connectivity index (χ2v) is 5.25. The number of carboxylic acids is 1. The number of hydrogen-bond donors (Lipinski definition) is 2. The van der Waals surface area contributed by atoms with Crippen LogP contribution in [0.5, 0.6) is 0 Å². The summed E-state index contributed by atoms with van der Waals surface area (Å²) >= 11 is 1.62. The fraction of sp³-hybridized carbons (Fsp3) is 0.333. The first-order valence-electron chi connectivity index (χ1n) is 5.51. The third kappa shape index (κ3) is 2.53. The number of furan rings is 1. The highest BCUT2D eigenvalue weighted by Gasteiger charge is 2.15. The third-order valence-corrected chi connectivity index (χ3v) is 3.76. The normalized spacial score (nSPS) is 12.4. The predicted octanol–water partition coefficient (Wildman–Crippen LogP) is 3.22. The van der Waals surface area contributed by atoms with Crippen molar-refractivity contribution in [3.63, 3.8) is 0 Å². The lowest BCUT2D eigenvalue weighted by molar-refractivity contribution is 0.0663. The number of aromatic nitrogens is 1. The lowest BCUT2D eigenvalue weighted by atomic mass is 10.2. The molecule has 2 rings (SSSR count). The van der Waals surface area contributed by atoms with E-state index in [9.17, 15) is 4.79 Å². The molecule has 0 radical (unpaired) electrons. The number of nitrogens with one attached hydrogen (secondary N) is 1. The number of hydrogen-bond acceptors (Lipinski definition) is 5. The van der Waals surface area contributed by atoms with E-state index in [4.69, 9.17) is 9.52 Å². The van der Waals surface area contributed by atoms with Gasteiger partial charge in [0.1, 0.15) is 0 Å². The van der Waals surface area contributed by atoms with Gasteiger partial charge in [-0.25, -0.2) is 9.78 Å². The summed E-state index contributed by atoms with van der Waals surface area (Å²) in [6.07, 6.45) is 0. The molecule has 1 unspecified atom stereocenters. The standard InChI is InChI=1S/C12H14N2O3S/c1-6-11(18-8(3)13-6)7(2)14-10-5-4-9(17-10)12(15)16/h4-5,7,14H,1-3H3,(H,15,16). The van der Waals surface area contributed by atoms with E-state index in [1.165, 1.54) is 6.07 Å². The van der Waals surface area contributed by atoms with Crippen LogP contribution >= 0.6 is 11.3 Å². The van der Waals surface area contributed by atoms with Crippen LogP contribution in [0.4, 0.5) is 5.88 Å². The minimum absolute atomic E-state index is 0.0315. The maximum absolute atomic E-state index is 10.7. The highest BCUT2D eigenvalue weighted by Crippen LogP contribution is 2.28. The Morgan fingerprint density at radius 1 is 1.50 bits per heavy atom. The smallest absolute Gasteiger partial charge is 0.371 e. The van der Waals surface area contributed by atoms with Crippen LogP contribution in [0, 0.1) is 13.8 Å². The minimum atomic E-state index is -1.07. The monoisotopic (exact) mass is 266 g/mol. The maximum Gasteiger partial charge on any atom is 0.371 e. The average molecular weight is 266 g/mol. The van der Waals surface area contributed by atoms with Crippen LogP contribution in [-0.2, 0) is 0 Å². The molecule has 0 saturated heterocycles. The van der Waals surface area contributed by atoms with Crippen LogP contribution in [0.3, 0.4) is 0 Å². The second-order valence-electron chi connectivity index (χ2n) is 4.02. The molecule has 0 aromatic carbocycles. The van der Waals surface area contributed by atoms with Gasteiger partial charge in [-0.15, -0.1) is 11.3 Å². The first kappa shape index (κ1) is 12.6. The van der Waals surface area contributed by atoms with E-state index in [-0.39, 0.29) is 11.8 Å². The molecule has 0 aliphatic heterocycles. The van der Waals surface area contributed by atoms with E-state index in [1.54, 1.807) is 17.4 Å². The van der Waals surface area contributed by atoms with Crippen LogP contribution in [0.1, 0.15) is 39.1 Å². The summed E-state index contributed by atoms with van der Waals surface area (Å²) in [6.45, 7) is 5.91. The molecule has 5 nitrogen and oxygen atoms in total. The lowest BCUT2D eigenvalue weighted by Gasteiger charge is -2.11. The van der Waals surface area contributed by atoms with Gasteiger partial charge in [0.2, 0.25) is 5.76 Å². The molecular weight excluding hydrogens is 252 g/mol. The summed E-state index contributed by atoms with van der Waals surface area (Å²) in [5, 5.41) is 12.9. The van der Waals surface area contributed by atoms with Crippen LogP contribution in [-0.4, -0.2) is 16.1 Å². The zero-order valence-corrected chi connectivity index (χ0v) is 11.2. The predicted molar refractivity (Wildman–Crippen MR) is 69.3 cm³/mol. The molecule has 0 spiro atoms. The molecule has 0 aliphatic carbocycles. The van der Waals surface area contributed by atoms with Gasteiger partial charge in [-0.1, -0.05) is 0 Å². The van der Waals surface area contributed by atoms with Gasteiger partial charge in [-0.05, 0) is 26.8 Å². The van der Waals surface area contributed by atoms with Gasteiger partial charge in [0.25, 0.3) is 0 Å². The van der Waals surface area contributed by atoms with Crippen LogP contribution in [0.25, 0.3) is 0 Å². The number of rotatable bonds is 4. The van der Waals surface area contributed by atoms with Gasteiger partial charge in [-0.2, -0.15) is 0 Å². The van der Waals surface area contributed by atoms with Gasteiger partial charge in [0.15, 0.2) is 5.88 Å². The molecule has 0 fully saturated rings. The Kier molecular flexibility index (Phi) is 3.38. The highest BCUT2D eigenvalue weighted by atomic mass is 32.1. The third-order valence-electron chi connectivity index (χ3n) is 2.51. The molecule has 18 heavy (non-hydrogen) atoms. The Labute approximate surface area is 108 Å². The van der Waals surface area contributed by atoms with E-state index in [2.05, 4.69) is 10.3 Å². The minimum Gasteiger partial charge on any atom is -0.475 e. The van der Waals surface area contributed by atoms with E-state index < -0.39 is 5.97 Å². The van der Waals surface area contributed by atoms with E-state index >= 15 is 0 Å². The van der Waals surface area contributed by atoms with Crippen molar-refractivity contribution in [1.29, 1.82) is 0 Å².